The highest BCUT2D eigenvalue weighted by atomic mass is 19.1. The standard InChI is InChI=1S/C17H22FN3O2/c1-16(2,3)23-15(22)21-10-6-9-17(11-19,12-21)20-14-8-5-4-7-13(14)18/h4-5,7-8,20H,6,9-10,12H2,1-3H3. The molecule has 1 amide bonds. The van der Waals surface area contributed by atoms with Gasteiger partial charge in [-0.2, -0.15) is 5.26 Å². The molecule has 1 atom stereocenters. The van der Waals surface area contributed by atoms with Crippen LogP contribution in [0.5, 0.6) is 0 Å². The van der Waals surface area contributed by atoms with Crippen LogP contribution in [0, 0.1) is 17.1 Å². The van der Waals surface area contributed by atoms with E-state index in [1.165, 1.54) is 11.0 Å². The Morgan fingerprint density at radius 3 is 2.74 bits per heavy atom. The summed E-state index contributed by atoms with van der Waals surface area (Å²) in [6.07, 6.45) is 0.734. The Morgan fingerprint density at radius 2 is 2.13 bits per heavy atom. The molecule has 0 radical (unpaired) electrons. The summed E-state index contributed by atoms with van der Waals surface area (Å²) in [6.45, 7) is 6.07. The van der Waals surface area contributed by atoms with Crippen LogP contribution in [0.3, 0.4) is 0 Å². The molecule has 1 aromatic rings. The number of ether oxygens (including phenoxy) is 1. The molecule has 6 heteroatoms. The van der Waals surface area contributed by atoms with Gasteiger partial charge < -0.3 is 15.0 Å². The lowest BCUT2D eigenvalue weighted by Gasteiger charge is -2.39. The lowest BCUT2D eigenvalue weighted by atomic mass is 9.90. The number of piperidine rings is 1. The number of hydrogen-bond donors (Lipinski definition) is 1. The van der Waals surface area contributed by atoms with Crippen LogP contribution in [0.25, 0.3) is 0 Å². The third-order valence-corrected chi connectivity index (χ3v) is 3.61. The molecule has 1 saturated heterocycles. The molecule has 0 bridgehead atoms. The minimum atomic E-state index is -1.02. The molecule has 0 spiro atoms. The second-order valence-electron chi connectivity index (χ2n) is 6.80. The zero-order valence-corrected chi connectivity index (χ0v) is 13.7. The molecule has 1 heterocycles. The van der Waals surface area contributed by atoms with Crippen molar-refractivity contribution in [2.45, 2.75) is 44.8 Å². The zero-order chi connectivity index (χ0) is 17.1. The van der Waals surface area contributed by atoms with E-state index in [1.54, 1.807) is 39.0 Å². The quantitative estimate of drug-likeness (QED) is 0.905. The number of para-hydroxylation sites is 1. The van der Waals surface area contributed by atoms with Crippen molar-refractivity contribution in [1.29, 1.82) is 5.26 Å². The van der Waals surface area contributed by atoms with Gasteiger partial charge in [0.2, 0.25) is 0 Å². The minimum absolute atomic E-state index is 0.159. The molecule has 1 unspecified atom stereocenters. The van der Waals surface area contributed by atoms with E-state index in [0.29, 0.717) is 19.4 Å². The first kappa shape index (κ1) is 17.1. The number of carbonyl (C=O) groups excluding carboxylic acids is 1. The van der Waals surface area contributed by atoms with Crippen LogP contribution in [0.4, 0.5) is 14.9 Å². The predicted molar refractivity (Wildman–Crippen MR) is 85.4 cm³/mol. The van der Waals surface area contributed by atoms with Crippen LogP contribution in [-0.2, 0) is 4.74 Å². The van der Waals surface area contributed by atoms with Crippen LogP contribution >= 0.6 is 0 Å². The average Bonchev–Trinajstić information content (AvgIpc) is 2.48. The van der Waals surface area contributed by atoms with Gasteiger partial charge in [-0.3, -0.25) is 0 Å². The molecule has 124 valence electrons. The van der Waals surface area contributed by atoms with E-state index in [0.717, 1.165) is 0 Å². The van der Waals surface area contributed by atoms with Gasteiger partial charge in [0, 0.05) is 6.54 Å². The molecule has 1 aliphatic heterocycles. The number of hydrogen-bond acceptors (Lipinski definition) is 4. The summed E-state index contributed by atoms with van der Waals surface area (Å²) in [4.78, 5) is 13.7. The van der Waals surface area contributed by atoms with Crippen molar-refractivity contribution in [3.63, 3.8) is 0 Å². The van der Waals surface area contributed by atoms with E-state index in [4.69, 9.17) is 4.74 Å². The topological polar surface area (TPSA) is 65.4 Å². The van der Waals surface area contributed by atoms with E-state index in [-0.39, 0.29) is 12.2 Å². The largest absolute Gasteiger partial charge is 0.444 e. The highest BCUT2D eigenvalue weighted by molar-refractivity contribution is 5.69. The van der Waals surface area contributed by atoms with Gasteiger partial charge in [0.1, 0.15) is 17.0 Å². The van der Waals surface area contributed by atoms with Crippen LogP contribution in [-0.4, -0.2) is 35.2 Å². The molecule has 1 N–H and O–H groups in total. The molecular weight excluding hydrogens is 297 g/mol. The molecule has 2 rings (SSSR count). The maximum Gasteiger partial charge on any atom is 0.410 e. The lowest BCUT2D eigenvalue weighted by Crippen LogP contribution is -2.54. The Balaban J connectivity index is 2.15. The number of benzene rings is 1. The SMILES string of the molecule is CC(C)(C)OC(=O)N1CCCC(C#N)(Nc2ccccc2F)C1. The van der Waals surface area contributed by atoms with Crippen molar-refractivity contribution in [1.82, 2.24) is 4.90 Å². The van der Waals surface area contributed by atoms with Gasteiger partial charge in [-0.15, -0.1) is 0 Å². The first-order chi connectivity index (χ1) is 10.7. The van der Waals surface area contributed by atoms with Gasteiger partial charge >= 0.3 is 6.09 Å². The summed E-state index contributed by atoms with van der Waals surface area (Å²) in [5.41, 5.74) is -1.35. The number of rotatable bonds is 2. The van der Waals surface area contributed by atoms with Gasteiger partial charge in [-0.25, -0.2) is 9.18 Å². The van der Waals surface area contributed by atoms with Crippen molar-refractivity contribution >= 4 is 11.8 Å². The normalized spacial score (nSPS) is 21.4. The predicted octanol–water partition coefficient (Wildman–Crippen LogP) is 3.53. The van der Waals surface area contributed by atoms with Gasteiger partial charge in [0.05, 0.1) is 18.3 Å². The fourth-order valence-electron chi connectivity index (χ4n) is 2.58. The van der Waals surface area contributed by atoms with E-state index in [1.807, 2.05) is 0 Å². The van der Waals surface area contributed by atoms with Crippen LogP contribution < -0.4 is 5.32 Å². The van der Waals surface area contributed by atoms with Crippen molar-refractivity contribution in [2.75, 3.05) is 18.4 Å². The number of carbonyl (C=O) groups is 1. The van der Waals surface area contributed by atoms with E-state index in [2.05, 4.69) is 11.4 Å². The van der Waals surface area contributed by atoms with Crippen LogP contribution in [0.1, 0.15) is 33.6 Å². The summed E-state index contributed by atoms with van der Waals surface area (Å²) < 4.78 is 19.2. The van der Waals surface area contributed by atoms with E-state index >= 15 is 0 Å². The van der Waals surface area contributed by atoms with Gasteiger partial charge in [-0.1, -0.05) is 12.1 Å². The molecule has 1 fully saturated rings. The summed E-state index contributed by atoms with van der Waals surface area (Å²) in [7, 11) is 0. The maximum absolute atomic E-state index is 13.9. The second-order valence-corrected chi connectivity index (χ2v) is 6.80. The van der Waals surface area contributed by atoms with Crippen LogP contribution in [0.15, 0.2) is 24.3 Å². The van der Waals surface area contributed by atoms with Crippen molar-refractivity contribution in [2.24, 2.45) is 0 Å². The van der Waals surface area contributed by atoms with E-state index in [9.17, 15) is 14.4 Å². The highest BCUT2D eigenvalue weighted by Gasteiger charge is 2.39. The summed E-state index contributed by atoms with van der Waals surface area (Å²) in [5, 5.41) is 12.6. The van der Waals surface area contributed by atoms with Gasteiger partial charge in [0.15, 0.2) is 0 Å². The third-order valence-electron chi connectivity index (χ3n) is 3.61. The smallest absolute Gasteiger partial charge is 0.410 e. The first-order valence-corrected chi connectivity index (χ1v) is 7.67. The number of halogens is 1. The number of amides is 1. The first-order valence-electron chi connectivity index (χ1n) is 7.67. The highest BCUT2D eigenvalue weighted by Crippen LogP contribution is 2.27. The summed E-state index contributed by atoms with van der Waals surface area (Å²) >= 11 is 0. The zero-order valence-electron chi connectivity index (χ0n) is 13.7. The summed E-state index contributed by atoms with van der Waals surface area (Å²) in [5.74, 6) is -0.420. The van der Waals surface area contributed by atoms with Crippen molar-refractivity contribution in [3.05, 3.63) is 30.1 Å². The van der Waals surface area contributed by atoms with Crippen LogP contribution in [0.2, 0.25) is 0 Å². The Hall–Kier alpha value is -2.29. The number of nitriles is 1. The maximum atomic E-state index is 13.9. The Morgan fingerprint density at radius 1 is 1.43 bits per heavy atom. The monoisotopic (exact) mass is 319 g/mol. The van der Waals surface area contributed by atoms with Crippen molar-refractivity contribution in [3.8, 4) is 6.07 Å². The summed E-state index contributed by atoms with van der Waals surface area (Å²) in [6, 6.07) is 8.42. The molecule has 0 aliphatic carbocycles. The molecule has 23 heavy (non-hydrogen) atoms. The average molecular weight is 319 g/mol. The minimum Gasteiger partial charge on any atom is -0.444 e. The molecule has 0 aromatic heterocycles. The molecule has 5 nitrogen and oxygen atoms in total. The van der Waals surface area contributed by atoms with Gasteiger partial charge in [-0.05, 0) is 45.7 Å². The molecule has 0 saturated carbocycles. The number of nitrogens with zero attached hydrogens (tertiary/aromatic N) is 2. The fraction of sp³-hybridized carbons (Fsp3) is 0.529. The third kappa shape index (κ3) is 4.35. The van der Waals surface area contributed by atoms with Gasteiger partial charge in [0.25, 0.3) is 0 Å². The Bertz CT molecular complexity index is 621. The number of likely N-dealkylation sites (tertiary alicyclic amines) is 1. The number of anilines is 1. The second kappa shape index (κ2) is 6.45. The molecule has 1 aromatic carbocycles. The fourth-order valence-corrected chi connectivity index (χ4v) is 2.58. The van der Waals surface area contributed by atoms with E-state index < -0.39 is 23.1 Å². The number of nitrogens with one attached hydrogen (secondary N) is 1. The lowest BCUT2D eigenvalue weighted by molar-refractivity contribution is 0.0181. The molecular formula is C17H22FN3O2. The molecule has 1 aliphatic rings. The van der Waals surface area contributed by atoms with Crippen molar-refractivity contribution < 1.29 is 13.9 Å². The Kier molecular flexibility index (Phi) is 4.79. The Labute approximate surface area is 136 Å².